The maximum absolute atomic E-state index is 12.8. The fourth-order valence-corrected chi connectivity index (χ4v) is 4.02. The topological polar surface area (TPSA) is 62.3 Å². The van der Waals surface area contributed by atoms with Gasteiger partial charge in [-0.2, -0.15) is 0 Å². The smallest absolute Gasteiger partial charge is 0.254 e. The molecule has 1 saturated heterocycles. The van der Waals surface area contributed by atoms with Crippen LogP contribution in [0.15, 0.2) is 54.7 Å². The number of likely N-dealkylation sites (tertiary alicyclic amines) is 1. The Bertz CT molecular complexity index is 1070. The van der Waals surface area contributed by atoms with Crippen molar-refractivity contribution in [3.63, 3.8) is 0 Å². The number of hydrogen-bond donors (Lipinski definition) is 1. The average Bonchev–Trinajstić information content (AvgIpc) is 2.76. The molecule has 0 atom stereocenters. The monoisotopic (exact) mass is 407 g/mol. The van der Waals surface area contributed by atoms with E-state index in [1.54, 1.807) is 18.3 Å². The molecule has 1 aromatic heterocycles. The van der Waals surface area contributed by atoms with Crippen molar-refractivity contribution in [2.45, 2.75) is 19.8 Å². The van der Waals surface area contributed by atoms with Crippen LogP contribution in [0.2, 0.25) is 5.02 Å². The normalized spacial score (nSPS) is 14.8. The number of aryl methyl sites for hydroxylation is 1. The van der Waals surface area contributed by atoms with Crippen molar-refractivity contribution in [3.8, 4) is 0 Å². The molecule has 0 spiro atoms. The number of nitrogens with one attached hydrogen (secondary N) is 1. The third-order valence-electron chi connectivity index (χ3n) is 5.50. The van der Waals surface area contributed by atoms with Gasteiger partial charge in [0.1, 0.15) is 0 Å². The summed E-state index contributed by atoms with van der Waals surface area (Å²) in [7, 11) is 0. The van der Waals surface area contributed by atoms with Crippen LogP contribution in [0.1, 0.15) is 28.8 Å². The van der Waals surface area contributed by atoms with Gasteiger partial charge in [0.15, 0.2) is 0 Å². The molecule has 148 valence electrons. The van der Waals surface area contributed by atoms with Crippen LogP contribution in [0.5, 0.6) is 0 Å². The predicted molar refractivity (Wildman–Crippen MR) is 115 cm³/mol. The first-order valence-electron chi connectivity index (χ1n) is 9.73. The number of benzene rings is 2. The first kappa shape index (κ1) is 19.4. The number of anilines is 1. The van der Waals surface area contributed by atoms with Gasteiger partial charge in [-0.3, -0.25) is 14.6 Å². The number of fused-ring (bicyclic) bond motifs is 1. The fourth-order valence-electron chi connectivity index (χ4n) is 3.80. The number of pyridine rings is 1. The molecule has 2 aromatic carbocycles. The minimum Gasteiger partial charge on any atom is -0.339 e. The quantitative estimate of drug-likeness (QED) is 0.685. The molecular weight excluding hydrogens is 386 g/mol. The zero-order chi connectivity index (χ0) is 20.4. The van der Waals surface area contributed by atoms with Crippen LogP contribution in [0.3, 0.4) is 0 Å². The molecule has 1 N–H and O–H groups in total. The van der Waals surface area contributed by atoms with Crippen molar-refractivity contribution in [3.05, 3.63) is 70.9 Å². The summed E-state index contributed by atoms with van der Waals surface area (Å²) in [6, 6.07) is 14.9. The van der Waals surface area contributed by atoms with Crippen molar-refractivity contribution in [2.24, 2.45) is 5.92 Å². The number of aromatic nitrogens is 1. The van der Waals surface area contributed by atoms with Gasteiger partial charge in [0, 0.05) is 36.2 Å². The number of hydrogen-bond acceptors (Lipinski definition) is 3. The molecule has 0 unspecified atom stereocenters. The number of amides is 2. The molecule has 0 radical (unpaired) electrons. The number of halogens is 1. The highest BCUT2D eigenvalue weighted by atomic mass is 35.5. The molecule has 2 amide bonds. The van der Waals surface area contributed by atoms with E-state index in [2.05, 4.69) is 10.3 Å². The van der Waals surface area contributed by atoms with Crippen LogP contribution in [0.4, 0.5) is 5.69 Å². The Morgan fingerprint density at radius 2 is 1.83 bits per heavy atom. The summed E-state index contributed by atoms with van der Waals surface area (Å²) in [4.78, 5) is 31.8. The van der Waals surface area contributed by atoms with E-state index in [0.717, 1.165) is 16.5 Å². The molecule has 0 saturated carbocycles. The molecule has 5 nitrogen and oxygen atoms in total. The SMILES string of the molecule is Cc1ccccc1C(=O)N1CCC(C(=O)Nc2ccc(Cl)c3cccnc23)CC1. The van der Waals surface area contributed by atoms with Gasteiger partial charge in [-0.25, -0.2) is 0 Å². The second kappa shape index (κ2) is 8.21. The van der Waals surface area contributed by atoms with E-state index < -0.39 is 0 Å². The van der Waals surface area contributed by atoms with Crippen molar-refractivity contribution < 1.29 is 9.59 Å². The lowest BCUT2D eigenvalue weighted by molar-refractivity contribution is -0.121. The zero-order valence-electron chi connectivity index (χ0n) is 16.2. The van der Waals surface area contributed by atoms with Gasteiger partial charge in [0.2, 0.25) is 5.91 Å². The molecule has 3 aromatic rings. The number of carbonyl (C=O) groups excluding carboxylic acids is 2. The Morgan fingerprint density at radius 3 is 2.59 bits per heavy atom. The second-order valence-corrected chi connectivity index (χ2v) is 7.77. The minimum absolute atomic E-state index is 0.0369. The van der Waals surface area contributed by atoms with Crippen molar-refractivity contribution >= 4 is 40.0 Å². The van der Waals surface area contributed by atoms with E-state index >= 15 is 0 Å². The van der Waals surface area contributed by atoms with E-state index in [9.17, 15) is 9.59 Å². The highest BCUT2D eigenvalue weighted by Gasteiger charge is 2.28. The average molecular weight is 408 g/mol. The van der Waals surface area contributed by atoms with E-state index in [1.165, 1.54) is 0 Å². The van der Waals surface area contributed by atoms with Gasteiger partial charge in [0.25, 0.3) is 5.91 Å². The highest BCUT2D eigenvalue weighted by molar-refractivity contribution is 6.35. The van der Waals surface area contributed by atoms with Crippen LogP contribution in [0.25, 0.3) is 10.9 Å². The first-order chi connectivity index (χ1) is 14.0. The van der Waals surface area contributed by atoms with Gasteiger partial charge < -0.3 is 10.2 Å². The molecule has 0 bridgehead atoms. The first-order valence-corrected chi connectivity index (χ1v) is 10.1. The maximum atomic E-state index is 12.8. The molecule has 6 heteroatoms. The lowest BCUT2D eigenvalue weighted by Crippen LogP contribution is -2.41. The Labute approximate surface area is 174 Å². The summed E-state index contributed by atoms with van der Waals surface area (Å²) in [6.45, 7) is 3.09. The van der Waals surface area contributed by atoms with E-state index in [4.69, 9.17) is 11.6 Å². The van der Waals surface area contributed by atoms with Crippen molar-refractivity contribution in [1.82, 2.24) is 9.88 Å². The minimum atomic E-state index is -0.134. The summed E-state index contributed by atoms with van der Waals surface area (Å²) in [5.74, 6) is -0.137. The number of carbonyl (C=O) groups is 2. The van der Waals surface area contributed by atoms with Crippen LogP contribution < -0.4 is 5.32 Å². The van der Waals surface area contributed by atoms with Crippen molar-refractivity contribution in [1.29, 1.82) is 0 Å². The number of piperidine rings is 1. The number of nitrogens with zero attached hydrogens (tertiary/aromatic N) is 2. The molecule has 1 fully saturated rings. The van der Waals surface area contributed by atoms with Gasteiger partial charge in [-0.15, -0.1) is 0 Å². The summed E-state index contributed by atoms with van der Waals surface area (Å²) >= 11 is 6.23. The highest BCUT2D eigenvalue weighted by Crippen LogP contribution is 2.29. The molecule has 1 aliphatic rings. The lowest BCUT2D eigenvalue weighted by Gasteiger charge is -2.31. The van der Waals surface area contributed by atoms with Crippen LogP contribution in [-0.4, -0.2) is 34.8 Å². The van der Waals surface area contributed by atoms with Crippen LogP contribution in [0, 0.1) is 12.8 Å². The molecule has 29 heavy (non-hydrogen) atoms. The maximum Gasteiger partial charge on any atom is 0.254 e. The molecule has 0 aliphatic carbocycles. The van der Waals surface area contributed by atoms with E-state index in [-0.39, 0.29) is 17.7 Å². The molecular formula is C23H22ClN3O2. The van der Waals surface area contributed by atoms with Gasteiger partial charge in [-0.05, 0) is 55.7 Å². The van der Waals surface area contributed by atoms with Gasteiger partial charge in [-0.1, -0.05) is 29.8 Å². The van der Waals surface area contributed by atoms with Gasteiger partial charge in [0.05, 0.1) is 16.2 Å². The Morgan fingerprint density at radius 1 is 1.07 bits per heavy atom. The van der Waals surface area contributed by atoms with Crippen LogP contribution >= 0.6 is 11.6 Å². The largest absolute Gasteiger partial charge is 0.339 e. The zero-order valence-corrected chi connectivity index (χ0v) is 16.9. The summed E-state index contributed by atoms with van der Waals surface area (Å²) in [5, 5.41) is 4.42. The Kier molecular flexibility index (Phi) is 5.49. The molecule has 1 aliphatic heterocycles. The fraction of sp³-hybridized carbons (Fsp3) is 0.261. The lowest BCUT2D eigenvalue weighted by atomic mass is 9.95. The standard InChI is InChI=1S/C23H22ClN3O2/c1-15-5-2-3-6-17(15)23(29)27-13-10-16(11-14-27)22(28)26-20-9-8-19(24)18-7-4-12-25-21(18)20/h2-9,12,16H,10-11,13-14H2,1H3,(H,26,28). The van der Waals surface area contributed by atoms with Crippen LogP contribution in [-0.2, 0) is 4.79 Å². The van der Waals surface area contributed by atoms with E-state index in [1.807, 2.05) is 48.2 Å². The third kappa shape index (κ3) is 3.96. The summed E-state index contributed by atoms with van der Waals surface area (Å²) < 4.78 is 0. The summed E-state index contributed by atoms with van der Waals surface area (Å²) in [5.41, 5.74) is 3.04. The Hall–Kier alpha value is -2.92. The van der Waals surface area contributed by atoms with Crippen molar-refractivity contribution in [2.75, 3.05) is 18.4 Å². The van der Waals surface area contributed by atoms with Gasteiger partial charge >= 0.3 is 0 Å². The second-order valence-electron chi connectivity index (χ2n) is 7.37. The third-order valence-corrected chi connectivity index (χ3v) is 5.83. The predicted octanol–water partition coefficient (Wildman–Crippen LogP) is 4.69. The summed E-state index contributed by atoms with van der Waals surface area (Å²) in [6.07, 6.45) is 2.97. The van der Waals surface area contributed by atoms with E-state index in [0.29, 0.717) is 42.2 Å². The Balaban J connectivity index is 1.42. The molecule has 2 heterocycles. The molecule has 4 rings (SSSR count). The number of rotatable bonds is 3.